The molecule has 4 heterocycles. The zero-order chi connectivity index (χ0) is 35.0. The van der Waals surface area contributed by atoms with Crippen LogP contribution in [0.2, 0.25) is 27.3 Å². The van der Waals surface area contributed by atoms with E-state index in [0.717, 1.165) is 43.7 Å². The van der Waals surface area contributed by atoms with Crippen LogP contribution in [0, 0.1) is 0 Å². The van der Waals surface area contributed by atoms with Crippen molar-refractivity contribution in [2.75, 3.05) is 19.7 Å². The van der Waals surface area contributed by atoms with E-state index in [9.17, 15) is 5.11 Å². The second-order valence-corrected chi connectivity index (χ2v) is 13.8. The molecule has 4 aromatic carbocycles. The van der Waals surface area contributed by atoms with Crippen LogP contribution in [0.15, 0.2) is 121 Å². The Bertz CT molecular complexity index is 1480. The highest BCUT2D eigenvalue weighted by molar-refractivity contribution is 6.72. The van der Waals surface area contributed by atoms with Crippen LogP contribution in [0.25, 0.3) is 0 Å². The lowest BCUT2D eigenvalue weighted by Gasteiger charge is -2.49. The molecule has 2 N–H and O–H groups in total. The summed E-state index contributed by atoms with van der Waals surface area (Å²) in [6.45, 7) is 10.7. The molecule has 0 aliphatic carbocycles. The Morgan fingerprint density at radius 2 is 1.12 bits per heavy atom. The molecule has 0 amide bonds. The molecule has 2 atom stereocenters. The van der Waals surface area contributed by atoms with Gasteiger partial charge in [0.25, 0.3) is 0 Å². The number of benzene rings is 4. The Kier molecular flexibility index (Phi) is 12.4. The zero-order valence-electron chi connectivity index (χ0n) is 30.0. The number of nitrogens with one attached hydrogen (secondary N) is 1. The highest BCUT2D eigenvalue weighted by Crippen LogP contribution is 2.45. The molecule has 8 rings (SSSR count). The number of hydrogen-bond donors (Lipinski definition) is 2. The van der Waals surface area contributed by atoms with Gasteiger partial charge < -0.3 is 33.6 Å². The maximum Gasteiger partial charge on any atom is 0.426 e. The highest BCUT2D eigenvalue weighted by Gasteiger charge is 2.52. The van der Waals surface area contributed by atoms with Crippen molar-refractivity contribution in [1.82, 2.24) is 10.1 Å². The molecule has 11 heteroatoms. The van der Waals surface area contributed by atoms with Gasteiger partial charge in [-0.25, -0.2) is 0 Å². The topological polar surface area (TPSA) is 72.4 Å². The Labute approximate surface area is 300 Å². The van der Waals surface area contributed by atoms with Crippen LogP contribution < -0.4 is 5.32 Å². The van der Waals surface area contributed by atoms with Gasteiger partial charge in [0.1, 0.15) is 5.60 Å². The fourth-order valence-electron chi connectivity index (χ4n) is 8.29. The molecule has 7 nitrogen and oxygen atoms in total. The highest BCUT2D eigenvalue weighted by atomic mass is 16.7. The summed E-state index contributed by atoms with van der Waals surface area (Å²) in [5, 5.41) is 14.8. The summed E-state index contributed by atoms with van der Waals surface area (Å²) in [6, 6.07) is 42.4. The van der Waals surface area contributed by atoms with Gasteiger partial charge in [-0.2, -0.15) is 0 Å². The van der Waals surface area contributed by atoms with Gasteiger partial charge in [0.2, 0.25) is 0 Å². The van der Waals surface area contributed by atoms with E-state index in [2.05, 4.69) is 77.6 Å². The maximum atomic E-state index is 11.4. The molecule has 4 aliphatic rings. The second kappa shape index (κ2) is 16.9. The van der Waals surface area contributed by atoms with E-state index >= 15 is 0 Å². The summed E-state index contributed by atoms with van der Waals surface area (Å²) in [6.07, 6.45) is 4.63. The third kappa shape index (κ3) is 8.00. The quantitative estimate of drug-likeness (QED) is 0.230. The standard InChI is InChI=1S/C19H22BNO.C17H19NO.C3H9B3O3/c1-20-21-14-8-13-18(21)19(15-22-20,16-9-4-2-5-10-16)17-11-6-3-7-12-17;19-17(16-12-7-13-18-16,14-8-3-1-4-9-14)15-10-5-2-6-11-15;1-4-7-5(2)9-6(3)8-4/h2-7,9-12,18H,8,13-15H2,1H3;1-6,8-11,16,18-19H,7,12-13H2;1-3H3/t18-;16-;/m11./s1. The van der Waals surface area contributed by atoms with E-state index < -0.39 is 5.60 Å². The second-order valence-electron chi connectivity index (χ2n) is 13.8. The van der Waals surface area contributed by atoms with Gasteiger partial charge >= 0.3 is 28.4 Å². The molecule has 0 spiro atoms. The summed E-state index contributed by atoms with van der Waals surface area (Å²) in [4.78, 5) is 2.56. The first-order valence-electron chi connectivity index (χ1n) is 18.3. The van der Waals surface area contributed by atoms with E-state index in [-0.39, 0.29) is 39.9 Å². The predicted molar refractivity (Wildman–Crippen MR) is 206 cm³/mol. The Morgan fingerprint density at radius 3 is 1.56 bits per heavy atom. The fourth-order valence-corrected chi connectivity index (χ4v) is 8.29. The molecule has 4 aromatic rings. The first-order chi connectivity index (χ1) is 24.3. The lowest BCUT2D eigenvalue weighted by atomic mass is 9.63. The van der Waals surface area contributed by atoms with Gasteiger partial charge in [-0.15, -0.1) is 0 Å². The van der Waals surface area contributed by atoms with Gasteiger partial charge in [0.05, 0.1) is 5.41 Å². The van der Waals surface area contributed by atoms with Crippen molar-refractivity contribution < 1.29 is 23.5 Å². The minimum Gasteiger partial charge on any atom is -0.453 e. The van der Waals surface area contributed by atoms with Crippen molar-refractivity contribution in [1.29, 1.82) is 0 Å². The van der Waals surface area contributed by atoms with Crippen molar-refractivity contribution in [3.63, 3.8) is 0 Å². The summed E-state index contributed by atoms with van der Waals surface area (Å²) in [7, 11) is -0.177. The third-order valence-electron chi connectivity index (χ3n) is 10.6. The first-order valence-corrected chi connectivity index (χ1v) is 18.3. The van der Waals surface area contributed by atoms with Crippen molar-refractivity contribution >= 4 is 28.4 Å². The smallest absolute Gasteiger partial charge is 0.426 e. The lowest BCUT2D eigenvalue weighted by Crippen LogP contribution is -2.61. The number of aliphatic hydroxyl groups is 1. The van der Waals surface area contributed by atoms with E-state index in [1.54, 1.807) is 0 Å². The lowest BCUT2D eigenvalue weighted by molar-refractivity contribution is 0.0442. The molecule has 4 fully saturated rings. The fraction of sp³-hybridized carbons (Fsp3) is 0.385. The molecule has 0 bridgehead atoms. The van der Waals surface area contributed by atoms with Crippen molar-refractivity contribution in [3.05, 3.63) is 144 Å². The van der Waals surface area contributed by atoms with E-state index in [0.29, 0.717) is 6.04 Å². The average molecular weight is 670 g/mol. The van der Waals surface area contributed by atoms with Crippen LogP contribution in [0.5, 0.6) is 0 Å². The number of nitrogens with zero attached hydrogens (tertiary/aromatic N) is 1. The summed E-state index contributed by atoms with van der Waals surface area (Å²) >= 11 is 0. The summed E-state index contributed by atoms with van der Waals surface area (Å²) in [5.41, 5.74) is 3.68. The zero-order valence-corrected chi connectivity index (χ0v) is 30.0. The number of hydrogen-bond acceptors (Lipinski definition) is 7. The third-order valence-corrected chi connectivity index (χ3v) is 10.6. The molecule has 258 valence electrons. The van der Waals surface area contributed by atoms with Gasteiger partial charge in [-0.1, -0.05) is 121 Å². The summed E-state index contributed by atoms with van der Waals surface area (Å²) in [5.74, 6) is 0. The number of rotatable bonds is 5. The van der Waals surface area contributed by atoms with Crippen molar-refractivity contribution in [2.24, 2.45) is 0 Å². The van der Waals surface area contributed by atoms with E-state index in [1.165, 1.54) is 24.0 Å². The normalized spacial score (nSPS) is 21.9. The van der Waals surface area contributed by atoms with Crippen molar-refractivity contribution in [2.45, 2.75) is 76.1 Å². The molecule has 0 unspecified atom stereocenters. The van der Waals surface area contributed by atoms with Crippen LogP contribution in [0.4, 0.5) is 0 Å². The van der Waals surface area contributed by atoms with Gasteiger partial charge in [0, 0.05) is 18.7 Å². The molecular weight excluding hydrogens is 620 g/mol. The van der Waals surface area contributed by atoms with Crippen molar-refractivity contribution in [3.8, 4) is 0 Å². The first kappa shape index (κ1) is 36.6. The van der Waals surface area contributed by atoms with Gasteiger partial charge in [-0.05, 0) is 88.3 Å². The molecule has 0 radical (unpaired) electrons. The van der Waals surface area contributed by atoms with Gasteiger partial charge in [-0.3, -0.25) is 0 Å². The Balaban J connectivity index is 0.000000141. The maximum absolute atomic E-state index is 11.4. The minimum absolute atomic E-state index is 0.0501. The molecule has 0 saturated carbocycles. The SMILES string of the molecule is CB1OB(C)OB(C)O1.CB1OCC(c2ccccc2)(c2ccccc2)[C@H]2CCCN12.OC(c1ccccc1)(c1ccccc1)[C@H]1CCCN1. The average Bonchev–Trinajstić information content (AvgIpc) is 3.88. The van der Waals surface area contributed by atoms with Crippen LogP contribution >= 0.6 is 0 Å². The van der Waals surface area contributed by atoms with E-state index in [1.807, 2.05) is 81.1 Å². The molecular formula is C39H50B4N2O5. The molecule has 4 saturated heterocycles. The van der Waals surface area contributed by atoms with Crippen LogP contribution in [-0.2, 0) is 29.4 Å². The van der Waals surface area contributed by atoms with Crippen LogP contribution in [0.1, 0.15) is 47.9 Å². The van der Waals surface area contributed by atoms with Crippen LogP contribution in [-0.4, -0.2) is 70.1 Å². The Morgan fingerprint density at radius 1 is 0.660 bits per heavy atom. The molecule has 0 aromatic heterocycles. The van der Waals surface area contributed by atoms with E-state index in [4.69, 9.17) is 18.4 Å². The van der Waals surface area contributed by atoms with Gasteiger partial charge in [0.15, 0.2) is 0 Å². The Hall–Kier alpha value is -3.14. The molecule has 4 aliphatic heterocycles. The minimum atomic E-state index is -0.945. The molecule has 50 heavy (non-hydrogen) atoms. The summed E-state index contributed by atoms with van der Waals surface area (Å²) < 4.78 is 21.6. The predicted octanol–water partition coefficient (Wildman–Crippen LogP) is 6.66. The monoisotopic (exact) mass is 670 g/mol. The van der Waals surface area contributed by atoms with Crippen LogP contribution in [0.3, 0.4) is 0 Å². The largest absolute Gasteiger partial charge is 0.453 e. The number of fused-ring (bicyclic) bond motifs is 1.